The fourth-order valence-corrected chi connectivity index (χ4v) is 5.60. The normalized spacial score (nSPS) is 26.5. The summed E-state index contributed by atoms with van der Waals surface area (Å²) in [6, 6.07) is 11.3. The van der Waals surface area contributed by atoms with E-state index in [4.69, 9.17) is 4.74 Å². The number of benzene rings is 2. The van der Waals surface area contributed by atoms with Gasteiger partial charge in [-0.05, 0) is 73.1 Å². The van der Waals surface area contributed by atoms with Crippen LogP contribution in [0.4, 0.5) is 8.78 Å². The number of allylic oxidation sites excluding steroid dienone is 1. The molecule has 0 unspecified atom stereocenters. The first kappa shape index (κ1) is 19.7. The lowest BCUT2D eigenvalue weighted by atomic mass is 9.83. The van der Waals surface area contributed by atoms with Crippen molar-refractivity contribution in [3.8, 4) is 0 Å². The van der Waals surface area contributed by atoms with E-state index in [0.29, 0.717) is 18.8 Å². The van der Waals surface area contributed by atoms with Crippen LogP contribution in [0.25, 0.3) is 11.6 Å². The summed E-state index contributed by atoms with van der Waals surface area (Å²) >= 11 is 0. The van der Waals surface area contributed by atoms with Gasteiger partial charge in [0.15, 0.2) is 0 Å². The molecule has 1 aliphatic carbocycles. The Labute approximate surface area is 176 Å². The minimum Gasteiger partial charge on any atom is -0.380 e. The Hall–Kier alpha value is -2.30. The van der Waals surface area contributed by atoms with E-state index in [-0.39, 0.29) is 17.6 Å². The molecule has 2 heterocycles. The molecule has 0 spiro atoms. The fourth-order valence-electron chi connectivity index (χ4n) is 5.60. The zero-order chi connectivity index (χ0) is 20.8. The monoisotopic (exact) mass is 407 g/mol. The molecule has 0 amide bonds. The van der Waals surface area contributed by atoms with E-state index in [1.165, 1.54) is 28.8 Å². The Morgan fingerprint density at radius 1 is 1.13 bits per heavy atom. The van der Waals surface area contributed by atoms with Crippen molar-refractivity contribution < 1.29 is 13.5 Å². The standard InChI is InChI=1S/C26H27F2NO/c1-3-6-17-12-23(27)25(24(28)13-17)26-22-14-18-7-4-5-8-20(18)21(22)11-16(2)29(26)19-9-10-30-15-19/h3-8,12-13,16,19,26H,9-11,14-15H2,1-2H3/b6-3+/t16-,19-,26+/m1/s1. The predicted octanol–water partition coefficient (Wildman–Crippen LogP) is 5.93. The number of nitrogens with zero attached hydrogens (tertiary/aromatic N) is 1. The molecule has 156 valence electrons. The SMILES string of the molecule is C/C=C/c1cc(F)c([C@@H]2C3=C(C[C@@H](C)N2[C@@H]2CCOC2)c2ccccc2C3)c(F)c1. The number of fused-ring (bicyclic) bond motifs is 2. The third kappa shape index (κ3) is 3.14. The maximum atomic E-state index is 15.4. The predicted molar refractivity (Wildman–Crippen MR) is 116 cm³/mol. The average molecular weight is 408 g/mol. The highest BCUT2D eigenvalue weighted by Gasteiger charge is 2.44. The van der Waals surface area contributed by atoms with Gasteiger partial charge in [-0.15, -0.1) is 0 Å². The Balaban J connectivity index is 1.68. The van der Waals surface area contributed by atoms with Gasteiger partial charge in [-0.25, -0.2) is 8.78 Å². The van der Waals surface area contributed by atoms with Crippen molar-refractivity contribution in [3.63, 3.8) is 0 Å². The molecule has 1 saturated heterocycles. The molecule has 4 heteroatoms. The summed E-state index contributed by atoms with van der Waals surface area (Å²) in [7, 11) is 0. The Morgan fingerprint density at radius 2 is 1.90 bits per heavy atom. The van der Waals surface area contributed by atoms with Gasteiger partial charge in [-0.3, -0.25) is 4.90 Å². The second-order valence-electron chi connectivity index (χ2n) is 8.66. The van der Waals surface area contributed by atoms with Gasteiger partial charge in [0.1, 0.15) is 11.6 Å². The van der Waals surface area contributed by atoms with Gasteiger partial charge in [0, 0.05) is 24.3 Å². The minimum absolute atomic E-state index is 0.178. The smallest absolute Gasteiger partial charge is 0.131 e. The number of hydrogen-bond acceptors (Lipinski definition) is 2. The van der Waals surface area contributed by atoms with Gasteiger partial charge in [0.2, 0.25) is 0 Å². The van der Waals surface area contributed by atoms with Gasteiger partial charge < -0.3 is 4.74 Å². The van der Waals surface area contributed by atoms with Crippen LogP contribution >= 0.6 is 0 Å². The number of halogens is 2. The van der Waals surface area contributed by atoms with E-state index in [2.05, 4.69) is 30.0 Å². The molecule has 0 saturated carbocycles. The van der Waals surface area contributed by atoms with E-state index in [0.717, 1.165) is 24.8 Å². The number of ether oxygens (including phenoxy) is 1. The van der Waals surface area contributed by atoms with Crippen molar-refractivity contribution in [2.45, 2.75) is 51.2 Å². The average Bonchev–Trinajstić information content (AvgIpc) is 3.36. The summed E-state index contributed by atoms with van der Waals surface area (Å²) in [5.41, 5.74) is 5.67. The van der Waals surface area contributed by atoms with Crippen LogP contribution in [0, 0.1) is 11.6 Å². The van der Waals surface area contributed by atoms with Crippen LogP contribution < -0.4 is 0 Å². The number of rotatable bonds is 3. The molecule has 3 aliphatic rings. The minimum atomic E-state index is -0.464. The van der Waals surface area contributed by atoms with Crippen molar-refractivity contribution in [1.82, 2.24) is 4.90 Å². The number of hydrogen-bond donors (Lipinski definition) is 0. The maximum Gasteiger partial charge on any atom is 0.131 e. The van der Waals surface area contributed by atoms with Crippen molar-refractivity contribution in [2.75, 3.05) is 13.2 Å². The summed E-state index contributed by atoms with van der Waals surface area (Å²) < 4.78 is 36.5. The van der Waals surface area contributed by atoms with Crippen LogP contribution in [0.5, 0.6) is 0 Å². The zero-order valence-corrected chi connectivity index (χ0v) is 17.5. The molecule has 5 rings (SSSR count). The Bertz CT molecular complexity index is 1010. The topological polar surface area (TPSA) is 12.5 Å². The lowest BCUT2D eigenvalue weighted by Crippen LogP contribution is -2.48. The molecular formula is C26H27F2NO. The molecule has 0 N–H and O–H groups in total. The summed E-state index contributed by atoms with van der Waals surface area (Å²) in [6.45, 7) is 5.36. The van der Waals surface area contributed by atoms with E-state index in [9.17, 15) is 0 Å². The van der Waals surface area contributed by atoms with E-state index in [1.807, 2.05) is 13.0 Å². The molecule has 3 atom stereocenters. The van der Waals surface area contributed by atoms with E-state index < -0.39 is 17.7 Å². The molecule has 2 nitrogen and oxygen atoms in total. The first-order valence-electron chi connectivity index (χ1n) is 10.9. The van der Waals surface area contributed by atoms with Crippen LogP contribution in [0.3, 0.4) is 0 Å². The molecule has 30 heavy (non-hydrogen) atoms. The fraction of sp³-hybridized carbons (Fsp3) is 0.385. The molecule has 2 aromatic rings. The second-order valence-corrected chi connectivity index (χ2v) is 8.66. The largest absolute Gasteiger partial charge is 0.380 e. The van der Waals surface area contributed by atoms with Gasteiger partial charge in [0.25, 0.3) is 0 Å². The van der Waals surface area contributed by atoms with Gasteiger partial charge in [-0.2, -0.15) is 0 Å². The first-order chi connectivity index (χ1) is 14.6. The van der Waals surface area contributed by atoms with Crippen LogP contribution in [-0.4, -0.2) is 30.2 Å². The Kier molecular flexibility index (Phi) is 5.08. The van der Waals surface area contributed by atoms with Crippen LogP contribution in [0.1, 0.15) is 55.0 Å². The third-order valence-corrected chi connectivity index (χ3v) is 6.81. The lowest BCUT2D eigenvalue weighted by Gasteiger charge is -2.45. The second kappa shape index (κ2) is 7.75. The van der Waals surface area contributed by atoms with Crippen LogP contribution in [0.15, 0.2) is 48.0 Å². The van der Waals surface area contributed by atoms with Gasteiger partial charge in [0.05, 0.1) is 12.6 Å². The highest BCUT2D eigenvalue weighted by Crippen LogP contribution is 2.50. The molecule has 0 bridgehead atoms. The van der Waals surface area contributed by atoms with Crippen molar-refractivity contribution >= 4 is 11.6 Å². The molecule has 0 radical (unpaired) electrons. The molecule has 1 fully saturated rings. The Morgan fingerprint density at radius 3 is 2.60 bits per heavy atom. The molecule has 2 aliphatic heterocycles. The van der Waals surface area contributed by atoms with E-state index in [1.54, 1.807) is 12.2 Å². The maximum absolute atomic E-state index is 15.4. The highest BCUT2D eigenvalue weighted by molar-refractivity contribution is 5.79. The van der Waals surface area contributed by atoms with Gasteiger partial charge in [-0.1, -0.05) is 36.4 Å². The van der Waals surface area contributed by atoms with Crippen molar-refractivity contribution in [3.05, 3.63) is 81.9 Å². The van der Waals surface area contributed by atoms with Crippen LogP contribution in [0.2, 0.25) is 0 Å². The quantitative estimate of drug-likeness (QED) is 0.625. The zero-order valence-electron chi connectivity index (χ0n) is 17.5. The summed E-state index contributed by atoms with van der Waals surface area (Å²) in [4.78, 5) is 2.33. The third-order valence-electron chi connectivity index (χ3n) is 6.81. The first-order valence-corrected chi connectivity index (χ1v) is 10.9. The summed E-state index contributed by atoms with van der Waals surface area (Å²) in [5, 5.41) is 0. The molecule has 0 aromatic heterocycles. The summed E-state index contributed by atoms with van der Waals surface area (Å²) in [5.74, 6) is -0.928. The summed E-state index contributed by atoms with van der Waals surface area (Å²) in [6.07, 6.45) is 6.09. The van der Waals surface area contributed by atoms with Crippen molar-refractivity contribution in [2.24, 2.45) is 0 Å². The molecule has 2 aromatic carbocycles. The van der Waals surface area contributed by atoms with Gasteiger partial charge >= 0.3 is 0 Å². The highest BCUT2D eigenvalue weighted by atomic mass is 19.1. The van der Waals surface area contributed by atoms with Crippen LogP contribution in [-0.2, 0) is 11.2 Å². The molecular weight excluding hydrogens is 380 g/mol. The van der Waals surface area contributed by atoms with Crippen molar-refractivity contribution in [1.29, 1.82) is 0 Å². The van der Waals surface area contributed by atoms with E-state index >= 15 is 8.78 Å². The lowest BCUT2D eigenvalue weighted by molar-refractivity contribution is 0.0778.